The summed E-state index contributed by atoms with van der Waals surface area (Å²) in [5.74, 6) is -11.9. The van der Waals surface area contributed by atoms with Crippen molar-refractivity contribution in [2.24, 2.45) is 0 Å². The Kier molecular flexibility index (Phi) is 20.4. The summed E-state index contributed by atoms with van der Waals surface area (Å²) in [7, 11) is 0. The molecule has 0 aromatic carbocycles. The molecule has 12 rings (SSSR count). The van der Waals surface area contributed by atoms with Crippen LogP contribution in [0.3, 0.4) is 0 Å². The second kappa shape index (κ2) is 28.1. The Labute approximate surface area is 570 Å². The number of carbonyl (C=O) groups is 13. The molecule has 0 spiro atoms. The lowest BCUT2D eigenvalue weighted by atomic mass is 10.1. The Bertz CT molecular complexity index is 3110. The lowest BCUT2D eigenvalue weighted by Crippen LogP contribution is -2.59. The van der Waals surface area contributed by atoms with Crippen molar-refractivity contribution >= 4 is 76.9 Å². The second-order valence-corrected chi connectivity index (χ2v) is 29.3. The van der Waals surface area contributed by atoms with Gasteiger partial charge in [-0.1, -0.05) is 0 Å². The van der Waals surface area contributed by atoms with Gasteiger partial charge in [-0.2, -0.15) is 0 Å². The van der Waals surface area contributed by atoms with Crippen molar-refractivity contribution in [1.82, 2.24) is 58.8 Å². The fourth-order valence-corrected chi connectivity index (χ4v) is 17.7. The van der Waals surface area contributed by atoms with Crippen molar-refractivity contribution in [2.45, 2.75) is 230 Å². The number of hydrogen-bond acceptors (Lipinski definition) is 25. The highest BCUT2D eigenvalue weighted by molar-refractivity contribution is 6.01. The zero-order valence-corrected chi connectivity index (χ0v) is 54.8. The number of carboxylic acid groups (broad SMARTS) is 1. The number of rotatable bonds is 12. The maximum Gasteiger partial charge on any atom is 0.326 e. The van der Waals surface area contributed by atoms with Gasteiger partial charge >= 0.3 is 5.97 Å². The highest BCUT2D eigenvalue weighted by atomic mass is 16.4. The summed E-state index contributed by atoms with van der Waals surface area (Å²) in [5.41, 5.74) is 0. The average Bonchev–Trinajstić information content (AvgIpc) is 1.61. The third kappa shape index (κ3) is 13.5. The number of amides is 12. The first-order valence-corrected chi connectivity index (χ1v) is 34.2. The Morgan fingerprint density at radius 1 is 0.190 bits per heavy atom. The molecule has 100 heavy (non-hydrogen) atoms. The van der Waals surface area contributed by atoms with Crippen LogP contribution in [-0.2, 0) is 62.3 Å². The SMILES string of the molecule is CC(=O)N1C[C@H](O)C[C@H]1C(=O)N1C[C@H](O)C[C@H]1C(=O)N1C[C@H](O)C[C@H]1C(=O)N1C[C@H](O)C[C@H]1C(=O)N1C[C@H](O)C[C@H]1C(=O)N1C[C@H](O)C[C@H]1C(=O)N1C[C@H](O)C[C@H]1C(=O)N1C[C@H](O)C[C@H]1C(=O)N1C[C@H](O)C[C@H]1C(=O)N1C[C@H](O)C[C@H]1C(=O)N1C[C@H](O)C[C@H]1C(=O)N1C[C@H](O)C[C@H]1C(=O)O. The highest BCUT2D eigenvalue weighted by Gasteiger charge is 2.59. The van der Waals surface area contributed by atoms with E-state index in [4.69, 9.17) is 0 Å². The van der Waals surface area contributed by atoms with Gasteiger partial charge in [0.05, 0.1) is 73.2 Å². The van der Waals surface area contributed by atoms with Crippen molar-refractivity contribution in [3.63, 3.8) is 0 Å². The molecule has 12 heterocycles. The largest absolute Gasteiger partial charge is 0.480 e. The number of carbonyl (C=O) groups excluding carboxylic acids is 12. The standard InChI is InChI=1S/C62H88N12O26/c1-26(75)63-14-27(76)2-39(63)51(88)64-15-28(77)3-40(64)52(89)65-16-29(78)4-41(65)53(90)66-17-30(79)5-42(66)54(91)67-18-31(80)6-43(67)55(92)68-19-32(81)7-44(68)56(93)69-20-33(82)8-45(69)57(94)70-21-34(83)9-46(70)58(95)71-22-35(84)10-47(71)59(96)72-23-36(85)11-48(72)60(97)73-24-37(86)12-49(73)61(98)74-25-38(87)13-50(74)62(99)100/h27-50,76-87H,2-25H2,1H3,(H,99,100)/t27-,28-,29-,30-,31-,32-,33-,34-,35-,36-,37-,38-,39+,40+,41+,42+,43+,44+,45+,46+,47+,48+,49+,50+/m1/s1. The molecule has 0 radical (unpaired) electrons. The Morgan fingerprint density at radius 3 is 0.410 bits per heavy atom. The van der Waals surface area contributed by atoms with E-state index in [1.165, 1.54) is 6.92 Å². The molecule has 0 aromatic heterocycles. The Morgan fingerprint density at radius 2 is 0.290 bits per heavy atom. The van der Waals surface area contributed by atoms with E-state index in [1.54, 1.807) is 0 Å². The van der Waals surface area contributed by atoms with Crippen molar-refractivity contribution in [1.29, 1.82) is 0 Å². The van der Waals surface area contributed by atoms with Crippen molar-refractivity contribution in [3.8, 4) is 0 Å². The predicted octanol–water partition coefficient (Wildman–Crippen LogP) is -12.4. The highest BCUT2D eigenvalue weighted by Crippen LogP contribution is 2.38. The molecule has 12 aliphatic heterocycles. The molecule has 0 aromatic rings. The van der Waals surface area contributed by atoms with Crippen LogP contribution >= 0.6 is 0 Å². The first kappa shape index (κ1) is 72.4. The molecule has 38 heteroatoms. The summed E-state index contributed by atoms with van der Waals surface area (Å²) in [6, 6.07) is -17.8. The van der Waals surface area contributed by atoms with E-state index in [1.807, 2.05) is 0 Å². The van der Waals surface area contributed by atoms with E-state index >= 15 is 0 Å². The average molecular weight is 1420 g/mol. The van der Waals surface area contributed by atoms with Crippen LogP contribution in [0.15, 0.2) is 0 Å². The van der Waals surface area contributed by atoms with Crippen LogP contribution < -0.4 is 0 Å². The van der Waals surface area contributed by atoms with E-state index in [-0.39, 0.29) is 58.2 Å². The van der Waals surface area contributed by atoms with Gasteiger partial charge in [0.1, 0.15) is 72.5 Å². The molecule has 0 unspecified atom stereocenters. The topological polar surface area (TPSA) is 524 Å². The minimum absolute atomic E-state index is 0.137. The zero-order chi connectivity index (χ0) is 72.3. The van der Waals surface area contributed by atoms with Gasteiger partial charge in [-0.15, -0.1) is 0 Å². The van der Waals surface area contributed by atoms with E-state index < -0.39 is 320 Å². The molecule has 12 aliphatic rings. The van der Waals surface area contributed by atoms with Gasteiger partial charge in [0.2, 0.25) is 70.9 Å². The normalized spacial score (nSPS) is 39.0. The fraction of sp³-hybridized carbons (Fsp3) is 0.790. The van der Waals surface area contributed by atoms with E-state index in [0.717, 1.165) is 58.8 Å². The van der Waals surface area contributed by atoms with Crippen molar-refractivity contribution in [3.05, 3.63) is 0 Å². The van der Waals surface area contributed by atoms with Crippen LogP contribution in [0.2, 0.25) is 0 Å². The van der Waals surface area contributed by atoms with Gasteiger partial charge in [0, 0.05) is 163 Å². The van der Waals surface area contributed by atoms with Gasteiger partial charge < -0.3 is 125 Å². The van der Waals surface area contributed by atoms with E-state index in [2.05, 4.69) is 0 Å². The molecule has 12 saturated heterocycles. The number of carboxylic acids is 1. The summed E-state index contributed by atoms with van der Waals surface area (Å²) in [5, 5.41) is 141. The quantitative estimate of drug-likeness (QED) is 0.0863. The fourth-order valence-electron chi connectivity index (χ4n) is 17.7. The first-order valence-electron chi connectivity index (χ1n) is 34.2. The maximum atomic E-state index is 15.0. The van der Waals surface area contributed by atoms with Crippen LogP contribution in [0.25, 0.3) is 0 Å². The minimum atomic E-state index is -1.59. The number of aliphatic hydroxyl groups excluding tert-OH is 12. The Balaban J connectivity index is 0.714. The number of aliphatic hydroxyl groups is 12. The summed E-state index contributed by atoms with van der Waals surface area (Å²) >= 11 is 0. The first-order chi connectivity index (χ1) is 47.2. The van der Waals surface area contributed by atoms with Crippen LogP contribution in [0.5, 0.6) is 0 Å². The van der Waals surface area contributed by atoms with Gasteiger partial charge in [-0.25, -0.2) is 4.79 Å². The van der Waals surface area contributed by atoms with E-state index in [9.17, 15) is 129 Å². The third-order valence-corrected chi connectivity index (χ3v) is 22.3. The second-order valence-electron chi connectivity index (χ2n) is 29.3. The monoisotopic (exact) mass is 1420 g/mol. The van der Waals surface area contributed by atoms with Gasteiger partial charge in [-0.3, -0.25) is 57.5 Å². The molecule has 12 fully saturated rings. The third-order valence-electron chi connectivity index (χ3n) is 22.3. The van der Waals surface area contributed by atoms with Crippen LogP contribution in [0.4, 0.5) is 0 Å². The molecule has 13 N–H and O–H groups in total. The summed E-state index contributed by atoms with van der Waals surface area (Å²) in [4.78, 5) is 197. The van der Waals surface area contributed by atoms with Crippen molar-refractivity contribution < 1.29 is 129 Å². The van der Waals surface area contributed by atoms with E-state index in [0.29, 0.717) is 0 Å². The van der Waals surface area contributed by atoms with Crippen molar-refractivity contribution in [2.75, 3.05) is 78.5 Å². The summed E-state index contributed by atoms with van der Waals surface area (Å²) in [6.07, 6.45) is -19.8. The number of β-amino-alcohol motifs (C(OH)–C–C–N with tert-alkyl or cyclic N) is 12. The molecule has 12 amide bonds. The molecular weight excluding hydrogens is 1330 g/mol. The molecule has 38 nitrogen and oxygen atoms in total. The Hall–Kier alpha value is -7.37. The number of aliphatic carboxylic acids is 1. The lowest BCUT2D eigenvalue weighted by Gasteiger charge is -2.37. The minimum Gasteiger partial charge on any atom is -0.480 e. The van der Waals surface area contributed by atoms with Gasteiger partial charge in [-0.05, 0) is 0 Å². The number of hydrogen-bond donors (Lipinski definition) is 13. The molecule has 0 aliphatic carbocycles. The number of nitrogens with zero attached hydrogens (tertiary/aromatic N) is 12. The zero-order valence-electron chi connectivity index (χ0n) is 54.8. The number of likely N-dealkylation sites (tertiary alicyclic amines) is 12. The molecule has 0 bridgehead atoms. The smallest absolute Gasteiger partial charge is 0.326 e. The van der Waals surface area contributed by atoms with Crippen LogP contribution in [0.1, 0.15) is 84.0 Å². The van der Waals surface area contributed by atoms with Crippen LogP contribution in [-0.4, -0.2) is 426 Å². The maximum absolute atomic E-state index is 15.0. The lowest BCUT2D eigenvalue weighted by molar-refractivity contribution is -0.156. The van der Waals surface area contributed by atoms with Gasteiger partial charge in [0.15, 0.2) is 0 Å². The molecular formula is C62H88N12O26. The molecule has 0 saturated carbocycles. The van der Waals surface area contributed by atoms with Gasteiger partial charge in [0.25, 0.3) is 0 Å². The summed E-state index contributed by atoms with van der Waals surface area (Å²) in [6.45, 7) is -3.94. The predicted molar refractivity (Wildman–Crippen MR) is 327 cm³/mol. The molecule has 24 atom stereocenters. The van der Waals surface area contributed by atoms with Crippen LogP contribution in [0, 0.1) is 0 Å². The molecule has 552 valence electrons. The summed E-state index contributed by atoms with van der Waals surface area (Å²) < 4.78 is 0.